The smallest absolute Gasteiger partial charge is 0.223 e. The molecule has 0 spiro atoms. The van der Waals surface area contributed by atoms with Crippen LogP contribution in [-0.4, -0.2) is 28.2 Å². The number of carbonyl (C=O) groups is 1. The standard InChI is InChI=1S/C11H12ClN3O3/c1-15(7-8-4-5-17-13-8)11(16)3-2-9-6-10(12)14-18-9/h4-6H,2-3,7H2,1H3. The van der Waals surface area contributed by atoms with E-state index in [1.165, 1.54) is 6.26 Å². The fraction of sp³-hybridized carbons (Fsp3) is 0.364. The number of carbonyl (C=O) groups excluding carboxylic acids is 1. The Morgan fingerprint density at radius 1 is 1.50 bits per heavy atom. The van der Waals surface area contributed by atoms with Gasteiger partial charge >= 0.3 is 0 Å². The van der Waals surface area contributed by atoms with Gasteiger partial charge in [0.25, 0.3) is 0 Å². The highest BCUT2D eigenvalue weighted by molar-refractivity contribution is 6.29. The Balaban J connectivity index is 1.80. The van der Waals surface area contributed by atoms with Gasteiger partial charge in [-0.1, -0.05) is 21.9 Å². The van der Waals surface area contributed by atoms with Crippen molar-refractivity contribution in [2.45, 2.75) is 19.4 Å². The molecule has 0 aromatic carbocycles. The van der Waals surface area contributed by atoms with Crippen molar-refractivity contribution in [2.24, 2.45) is 0 Å². The summed E-state index contributed by atoms with van der Waals surface area (Å²) >= 11 is 5.61. The SMILES string of the molecule is CN(Cc1ccon1)C(=O)CCc1cc(Cl)no1. The van der Waals surface area contributed by atoms with Gasteiger partial charge in [0.1, 0.15) is 17.7 Å². The fourth-order valence-electron chi connectivity index (χ4n) is 1.48. The summed E-state index contributed by atoms with van der Waals surface area (Å²) < 4.78 is 9.62. The topological polar surface area (TPSA) is 72.4 Å². The minimum atomic E-state index is -0.00878. The molecule has 18 heavy (non-hydrogen) atoms. The van der Waals surface area contributed by atoms with Crippen molar-refractivity contribution >= 4 is 17.5 Å². The van der Waals surface area contributed by atoms with Gasteiger partial charge in [0.05, 0.1) is 6.54 Å². The minimum absolute atomic E-state index is 0.00878. The van der Waals surface area contributed by atoms with Gasteiger partial charge in [0.2, 0.25) is 5.91 Å². The van der Waals surface area contributed by atoms with Gasteiger partial charge in [-0.25, -0.2) is 0 Å². The first-order valence-corrected chi connectivity index (χ1v) is 5.77. The molecule has 2 aromatic rings. The monoisotopic (exact) mass is 269 g/mol. The maximum absolute atomic E-state index is 11.8. The lowest BCUT2D eigenvalue weighted by Crippen LogP contribution is -2.26. The summed E-state index contributed by atoms with van der Waals surface area (Å²) in [6.07, 6.45) is 2.28. The maximum atomic E-state index is 11.8. The molecule has 2 aromatic heterocycles. The van der Waals surface area contributed by atoms with Crippen molar-refractivity contribution < 1.29 is 13.8 Å². The summed E-state index contributed by atoms with van der Waals surface area (Å²) in [6, 6.07) is 3.33. The van der Waals surface area contributed by atoms with Gasteiger partial charge in [-0.05, 0) is 0 Å². The Kier molecular flexibility index (Phi) is 3.99. The van der Waals surface area contributed by atoms with E-state index in [1.54, 1.807) is 24.1 Å². The zero-order valence-corrected chi connectivity index (χ0v) is 10.6. The highest BCUT2D eigenvalue weighted by Crippen LogP contribution is 2.11. The van der Waals surface area contributed by atoms with E-state index in [9.17, 15) is 4.79 Å². The zero-order chi connectivity index (χ0) is 13.0. The predicted octanol–water partition coefficient (Wildman–Crippen LogP) is 1.91. The van der Waals surface area contributed by atoms with E-state index >= 15 is 0 Å². The molecule has 96 valence electrons. The lowest BCUT2D eigenvalue weighted by molar-refractivity contribution is -0.130. The number of hydrogen-bond donors (Lipinski definition) is 0. The third kappa shape index (κ3) is 3.33. The number of aryl methyl sites for hydroxylation is 1. The van der Waals surface area contributed by atoms with Crippen molar-refractivity contribution in [3.8, 4) is 0 Å². The van der Waals surface area contributed by atoms with Gasteiger partial charge < -0.3 is 13.9 Å². The third-order valence-corrected chi connectivity index (χ3v) is 2.61. The van der Waals surface area contributed by atoms with Crippen LogP contribution in [0.2, 0.25) is 5.15 Å². The molecule has 0 aliphatic rings. The summed E-state index contributed by atoms with van der Waals surface area (Å²) in [6.45, 7) is 0.423. The lowest BCUT2D eigenvalue weighted by Gasteiger charge is -2.14. The molecule has 0 fully saturated rings. The normalized spacial score (nSPS) is 10.6. The molecule has 0 unspecified atom stereocenters. The molecule has 0 aliphatic heterocycles. The van der Waals surface area contributed by atoms with Gasteiger partial charge in [-0.2, -0.15) is 0 Å². The molecule has 0 aliphatic carbocycles. The number of aromatic nitrogens is 2. The molecule has 0 saturated heterocycles. The second-order valence-electron chi connectivity index (χ2n) is 3.86. The summed E-state index contributed by atoms with van der Waals surface area (Å²) in [5.74, 6) is 0.591. The van der Waals surface area contributed by atoms with E-state index < -0.39 is 0 Å². The second kappa shape index (κ2) is 5.68. The number of rotatable bonds is 5. The minimum Gasteiger partial charge on any atom is -0.364 e. The first kappa shape index (κ1) is 12.6. The highest BCUT2D eigenvalue weighted by atomic mass is 35.5. The Morgan fingerprint density at radius 2 is 2.33 bits per heavy atom. The van der Waals surface area contributed by atoms with Crippen molar-refractivity contribution in [1.82, 2.24) is 15.2 Å². The highest BCUT2D eigenvalue weighted by Gasteiger charge is 2.12. The van der Waals surface area contributed by atoms with E-state index in [2.05, 4.69) is 10.3 Å². The summed E-state index contributed by atoms with van der Waals surface area (Å²) in [7, 11) is 1.71. The average molecular weight is 270 g/mol. The van der Waals surface area contributed by atoms with Crippen LogP contribution < -0.4 is 0 Å². The van der Waals surface area contributed by atoms with Crippen LogP contribution in [0, 0.1) is 0 Å². The average Bonchev–Trinajstić information content (AvgIpc) is 2.97. The van der Waals surface area contributed by atoms with Crippen molar-refractivity contribution in [3.05, 3.63) is 35.0 Å². The van der Waals surface area contributed by atoms with Crippen molar-refractivity contribution in [3.63, 3.8) is 0 Å². The molecular weight excluding hydrogens is 258 g/mol. The summed E-state index contributed by atoms with van der Waals surface area (Å²) in [5.41, 5.74) is 0.716. The Bertz CT molecular complexity index is 509. The Labute approximate surface area is 108 Å². The molecule has 0 N–H and O–H groups in total. The lowest BCUT2D eigenvalue weighted by atomic mass is 10.2. The van der Waals surface area contributed by atoms with E-state index in [1.807, 2.05) is 0 Å². The van der Waals surface area contributed by atoms with Crippen LogP contribution in [0.15, 0.2) is 27.4 Å². The molecule has 0 radical (unpaired) electrons. The summed E-state index contributed by atoms with van der Waals surface area (Å²) in [5, 5.41) is 7.59. The molecule has 0 atom stereocenters. The maximum Gasteiger partial charge on any atom is 0.223 e. The van der Waals surface area contributed by atoms with Crippen LogP contribution in [0.4, 0.5) is 0 Å². The number of halogens is 1. The van der Waals surface area contributed by atoms with E-state index in [0.29, 0.717) is 36.0 Å². The molecule has 1 amide bonds. The van der Waals surface area contributed by atoms with E-state index in [4.69, 9.17) is 20.6 Å². The van der Waals surface area contributed by atoms with Crippen LogP contribution in [0.25, 0.3) is 0 Å². The predicted molar refractivity (Wildman–Crippen MR) is 62.8 cm³/mol. The Hall–Kier alpha value is -1.82. The quantitative estimate of drug-likeness (QED) is 0.829. The first-order valence-electron chi connectivity index (χ1n) is 5.39. The number of nitrogens with zero attached hydrogens (tertiary/aromatic N) is 3. The molecule has 7 heteroatoms. The third-order valence-electron chi connectivity index (χ3n) is 2.43. The molecule has 2 heterocycles. The van der Waals surface area contributed by atoms with Crippen LogP contribution in [-0.2, 0) is 17.8 Å². The number of amides is 1. The van der Waals surface area contributed by atoms with E-state index in [-0.39, 0.29) is 5.91 Å². The van der Waals surface area contributed by atoms with E-state index in [0.717, 1.165) is 0 Å². The number of hydrogen-bond acceptors (Lipinski definition) is 5. The molecular formula is C11H12ClN3O3. The summed E-state index contributed by atoms with van der Waals surface area (Å²) in [4.78, 5) is 13.4. The fourth-order valence-corrected chi connectivity index (χ4v) is 1.63. The molecule has 0 bridgehead atoms. The van der Waals surface area contributed by atoms with Crippen molar-refractivity contribution in [2.75, 3.05) is 7.05 Å². The van der Waals surface area contributed by atoms with Crippen LogP contribution in [0.1, 0.15) is 17.9 Å². The van der Waals surface area contributed by atoms with Gasteiger partial charge in [-0.15, -0.1) is 0 Å². The van der Waals surface area contributed by atoms with Crippen LogP contribution in [0.3, 0.4) is 0 Å². The molecule has 2 rings (SSSR count). The second-order valence-corrected chi connectivity index (χ2v) is 4.24. The van der Waals surface area contributed by atoms with Gasteiger partial charge in [-0.3, -0.25) is 4.79 Å². The van der Waals surface area contributed by atoms with Crippen LogP contribution in [0.5, 0.6) is 0 Å². The zero-order valence-electron chi connectivity index (χ0n) is 9.80. The Morgan fingerprint density at radius 3 is 2.94 bits per heavy atom. The largest absolute Gasteiger partial charge is 0.364 e. The van der Waals surface area contributed by atoms with Crippen LogP contribution >= 0.6 is 11.6 Å². The van der Waals surface area contributed by atoms with Gasteiger partial charge in [0, 0.05) is 32.0 Å². The first-order chi connectivity index (χ1) is 8.65. The molecule has 0 saturated carbocycles. The van der Waals surface area contributed by atoms with Gasteiger partial charge in [0.15, 0.2) is 5.15 Å². The van der Waals surface area contributed by atoms with Crippen molar-refractivity contribution in [1.29, 1.82) is 0 Å². The molecule has 6 nitrogen and oxygen atoms in total.